The van der Waals surface area contributed by atoms with Crippen molar-refractivity contribution in [2.75, 3.05) is 6.61 Å². The number of alkyl halides is 2. The van der Waals surface area contributed by atoms with Crippen LogP contribution in [0, 0.1) is 5.82 Å². The van der Waals surface area contributed by atoms with Crippen LogP contribution in [-0.4, -0.2) is 24.8 Å². The third-order valence-electron chi connectivity index (χ3n) is 2.99. The minimum atomic E-state index is -2.92. The summed E-state index contributed by atoms with van der Waals surface area (Å²) in [6, 6.07) is 11.3. The van der Waals surface area contributed by atoms with E-state index in [1.807, 2.05) is 0 Å². The molecule has 0 spiro atoms. The van der Waals surface area contributed by atoms with Crippen molar-refractivity contribution in [2.45, 2.75) is 13.5 Å². The molecule has 25 heavy (non-hydrogen) atoms. The number of amides is 1. The predicted octanol–water partition coefficient (Wildman–Crippen LogP) is 3.35. The third-order valence-corrected chi connectivity index (χ3v) is 2.99. The van der Waals surface area contributed by atoms with E-state index in [9.17, 15) is 18.0 Å². The molecule has 0 aliphatic heterocycles. The van der Waals surface area contributed by atoms with Crippen LogP contribution in [0.25, 0.3) is 0 Å². The monoisotopic (exact) mass is 352 g/mol. The van der Waals surface area contributed by atoms with Crippen molar-refractivity contribution in [1.82, 2.24) is 5.43 Å². The van der Waals surface area contributed by atoms with Gasteiger partial charge in [-0.2, -0.15) is 13.9 Å². The van der Waals surface area contributed by atoms with Gasteiger partial charge in [-0.05, 0) is 31.2 Å². The molecule has 0 radical (unpaired) electrons. The molecule has 0 aliphatic rings. The van der Waals surface area contributed by atoms with Crippen LogP contribution in [0.3, 0.4) is 0 Å². The number of benzene rings is 2. The first-order chi connectivity index (χ1) is 11.9. The molecule has 0 saturated heterocycles. The molecular weight excluding hydrogens is 337 g/mol. The number of nitrogens with one attached hydrogen (secondary N) is 1. The number of halogens is 3. The Morgan fingerprint density at radius 1 is 1.16 bits per heavy atom. The molecule has 0 atom stereocenters. The van der Waals surface area contributed by atoms with Crippen LogP contribution in [-0.2, 0) is 4.79 Å². The first-order valence-corrected chi connectivity index (χ1v) is 7.21. The topological polar surface area (TPSA) is 59.9 Å². The molecule has 0 saturated carbocycles. The molecule has 8 heteroatoms. The zero-order valence-electron chi connectivity index (χ0n) is 13.2. The van der Waals surface area contributed by atoms with Crippen LogP contribution in [0.4, 0.5) is 13.2 Å². The molecule has 2 aromatic carbocycles. The molecule has 0 bridgehead atoms. The first-order valence-electron chi connectivity index (χ1n) is 7.21. The maximum Gasteiger partial charge on any atom is 0.387 e. The van der Waals surface area contributed by atoms with Gasteiger partial charge in [0.2, 0.25) is 0 Å². The molecule has 1 amide bonds. The highest BCUT2D eigenvalue weighted by molar-refractivity contribution is 5.99. The molecule has 0 aliphatic carbocycles. The third kappa shape index (κ3) is 6.17. The van der Waals surface area contributed by atoms with Gasteiger partial charge in [0, 0.05) is 11.6 Å². The Labute approximate surface area is 142 Å². The molecule has 2 aromatic rings. The van der Waals surface area contributed by atoms with Gasteiger partial charge in [0.1, 0.15) is 17.3 Å². The van der Waals surface area contributed by atoms with Crippen molar-refractivity contribution >= 4 is 11.6 Å². The van der Waals surface area contributed by atoms with E-state index in [-0.39, 0.29) is 18.1 Å². The Balaban J connectivity index is 1.90. The van der Waals surface area contributed by atoms with Gasteiger partial charge in [-0.3, -0.25) is 4.79 Å². The predicted molar refractivity (Wildman–Crippen MR) is 85.3 cm³/mol. The Kier molecular flexibility index (Phi) is 6.39. The molecule has 132 valence electrons. The van der Waals surface area contributed by atoms with E-state index in [1.165, 1.54) is 36.4 Å². The summed E-state index contributed by atoms with van der Waals surface area (Å²) in [6.45, 7) is -1.68. The second kappa shape index (κ2) is 8.72. The summed E-state index contributed by atoms with van der Waals surface area (Å²) < 4.78 is 46.8. The lowest BCUT2D eigenvalue weighted by Crippen LogP contribution is -2.25. The van der Waals surface area contributed by atoms with E-state index >= 15 is 0 Å². The van der Waals surface area contributed by atoms with Gasteiger partial charge in [-0.15, -0.1) is 0 Å². The fourth-order valence-electron chi connectivity index (χ4n) is 1.85. The standard InChI is InChI=1S/C17H15F3N2O3/c1-11(12-4-2-7-15(8-12)25-17(19)20)21-22-16(23)10-24-14-6-3-5-13(18)9-14/h2-9,17H,10H2,1H3,(H,22,23)/b21-11-. The summed E-state index contributed by atoms with van der Waals surface area (Å²) in [4.78, 5) is 11.7. The number of hydrazone groups is 1. The van der Waals surface area contributed by atoms with Crippen molar-refractivity contribution in [3.8, 4) is 11.5 Å². The quantitative estimate of drug-likeness (QED) is 0.614. The zero-order valence-corrected chi connectivity index (χ0v) is 13.2. The highest BCUT2D eigenvalue weighted by Gasteiger charge is 2.07. The van der Waals surface area contributed by atoms with Crippen molar-refractivity contribution in [1.29, 1.82) is 0 Å². The number of carbonyl (C=O) groups excluding carboxylic acids is 1. The lowest BCUT2D eigenvalue weighted by atomic mass is 10.1. The van der Waals surface area contributed by atoms with Crippen molar-refractivity contribution in [3.05, 3.63) is 59.9 Å². The van der Waals surface area contributed by atoms with Crippen LogP contribution in [0.5, 0.6) is 11.5 Å². The summed E-state index contributed by atoms with van der Waals surface area (Å²) in [5, 5.41) is 3.86. The van der Waals surface area contributed by atoms with Crippen LogP contribution >= 0.6 is 0 Å². The van der Waals surface area contributed by atoms with E-state index in [0.717, 1.165) is 6.07 Å². The molecule has 1 N–H and O–H groups in total. The lowest BCUT2D eigenvalue weighted by Gasteiger charge is -2.07. The summed E-state index contributed by atoms with van der Waals surface area (Å²) in [5.74, 6) is -0.822. The van der Waals surface area contributed by atoms with Crippen LogP contribution in [0.2, 0.25) is 0 Å². The summed E-state index contributed by atoms with van der Waals surface area (Å²) in [6.07, 6.45) is 0. The molecule has 2 rings (SSSR count). The number of hydrogen-bond donors (Lipinski definition) is 1. The lowest BCUT2D eigenvalue weighted by molar-refractivity contribution is -0.123. The average Bonchev–Trinajstić information content (AvgIpc) is 2.57. The Morgan fingerprint density at radius 3 is 2.60 bits per heavy atom. The molecule has 0 heterocycles. The highest BCUT2D eigenvalue weighted by Crippen LogP contribution is 2.16. The maximum atomic E-state index is 13.0. The van der Waals surface area contributed by atoms with Crippen molar-refractivity contribution < 1.29 is 27.4 Å². The minimum Gasteiger partial charge on any atom is -0.484 e. The Morgan fingerprint density at radius 2 is 1.88 bits per heavy atom. The van der Waals surface area contributed by atoms with Crippen LogP contribution in [0.15, 0.2) is 53.6 Å². The van der Waals surface area contributed by atoms with Crippen molar-refractivity contribution in [2.24, 2.45) is 5.10 Å². The van der Waals surface area contributed by atoms with Gasteiger partial charge in [0.25, 0.3) is 5.91 Å². The molecule has 0 aromatic heterocycles. The number of rotatable bonds is 7. The van der Waals surface area contributed by atoms with Gasteiger partial charge in [0.15, 0.2) is 6.61 Å². The Bertz CT molecular complexity index is 766. The van der Waals surface area contributed by atoms with Gasteiger partial charge >= 0.3 is 6.61 Å². The maximum absolute atomic E-state index is 13.0. The molecule has 0 fully saturated rings. The van der Waals surface area contributed by atoms with Gasteiger partial charge < -0.3 is 9.47 Å². The molecular formula is C17H15F3N2O3. The van der Waals surface area contributed by atoms with E-state index in [1.54, 1.807) is 13.0 Å². The van der Waals surface area contributed by atoms with E-state index in [4.69, 9.17) is 4.74 Å². The second-order valence-corrected chi connectivity index (χ2v) is 4.88. The smallest absolute Gasteiger partial charge is 0.387 e. The summed E-state index contributed by atoms with van der Waals surface area (Å²) >= 11 is 0. The van der Waals surface area contributed by atoms with E-state index in [2.05, 4.69) is 15.3 Å². The number of hydrogen-bond acceptors (Lipinski definition) is 4. The molecule has 5 nitrogen and oxygen atoms in total. The number of nitrogens with zero attached hydrogens (tertiary/aromatic N) is 1. The normalized spacial score (nSPS) is 11.3. The summed E-state index contributed by atoms with van der Waals surface area (Å²) in [5.41, 5.74) is 3.16. The first kappa shape index (κ1) is 18.3. The Hall–Kier alpha value is -3.03. The van der Waals surface area contributed by atoms with E-state index < -0.39 is 18.3 Å². The zero-order chi connectivity index (χ0) is 18.2. The number of carbonyl (C=O) groups is 1. The summed E-state index contributed by atoms with van der Waals surface area (Å²) in [7, 11) is 0. The fraction of sp³-hybridized carbons (Fsp3) is 0.176. The van der Waals surface area contributed by atoms with Crippen molar-refractivity contribution in [3.63, 3.8) is 0 Å². The van der Waals surface area contributed by atoms with Gasteiger partial charge in [0.05, 0.1) is 5.71 Å². The van der Waals surface area contributed by atoms with Gasteiger partial charge in [-0.1, -0.05) is 18.2 Å². The SMILES string of the molecule is C/C(=N/NC(=O)COc1cccc(F)c1)c1cccc(OC(F)F)c1. The fourth-order valence-corrected chi connectivity index (χ4v) is 1.85. The van der Waals surface area contributed by atoms with Gasteiger partial charge in [-0.25, -0.2) is 9.82 Å². The largest absolute Gasteiger partial charge is 0.484 e. The van der Waals surface area contributed by atoms with E-state index in [0.29, 0.717) is 11.3 Å². The minimum absolute atomic E-state index is 0.0113. The second-order valence-electron chi connectivity index (χ2n) is 4.88. The highest BCUT2D eigenvalue weighted by atomic mass is 19.3. The number of ether oxygens (including phenoxy) is 2. The molecule has 0 unspecified atom stereocenters. The van der Waals surface area contributed by atoms with Crippen LogP contribution < -0.4 is 14.9 Å². The van der Waals surface area contributed by atoms with Crippen LogP contribution in [0.1, 0.15) is 12.5 Å². The average molecular weight is 352 g/mol.